The molecule has 12 heteroatoms. The minimum absolute atomic E-state index is 0.0876. The maximum absolute atomic E-state index is 13.1. The van der Waals surface area contributed by atoms with Crippen LogP contribution in [-0.4, -0.2) is 51.1 Å². The minimum atomic E-state index is -4.46. The number of rotatable bonds is 5. The van der Waals surface area contributed by atoms with Gasteiger partial charge in [-0.05, 0) is 18.9 Å². The molecule has 0 aliphatic carbocycles. The Balaban J connectivity index is 1.71. The van der Waals surface area contributed by atoms with E-state index in [0.29, 0.717) is 29.8 Å². The molecule has 4 heterocycles. The van der Waals surface area contributed by atoms with E-state index >= 15 is 0 Å². The first-order valence-corrected chi connectivity index (χ1v) is 9.73. The average molecular weight is 426 g/mol. The third-order valence-electron chi connectivity index (χ3n) is 4.42. The van der Waals surface area contributed by atoms with Crippen molar-refractivity contribution < 1.29 is 22.7 Å². The molecule has 0 spiro atoms. The Morgan fingerprint density at radius 1 is 1.41 bits per heavy atom. The Morgan fingerprint density at radius 3 is 3.03 bits per heavy atom. The number of fused-ring (bicyclic) bond motifs is 1. The Morgan fingerprint density at radius 2 is 2.28 bits per heavy atom. The van der Waals surface area contributed by atoms with E-state index in [1.54, 1.807) is 11.7 Å². The third kappa shape index (κ3) is 4.54. The number of pyridine rings is 1. The molecule has 8 nitrogen and oxygen atoms in total. The number of nitrogens with one attached hydrogen (secondary N) is 2. The van der Waals surface area contributed by atoms with E-state index in [9.17, 15) is 18.0 Å². The van der Waals surface area contributed by atoms with Gasteiger partial charge in [0.2, 0.25) is 0 Å². The quantitative estimate of drug-likeness (QED) is 0.606. The van der Waals surface area contributed by atoms with Crippen LogP contribution in [0, 0.1) is 0 Å². The van der Waals surface area contributed by atoms with Crippen molar-refractivity contribution >= 4 is 38.8 Å². The molecular formula is C17H17F3N6O2S. The summed E-state index contributed by atoms with van der Waals surface area (Å²) >= 11 is 1.29. The van der Waals surface area contributed by atoms with Crippen LogP contribution in [0.5, 0.6) is 0 Å². The zero-order chi connectivity index (χ0) is 20.4. The van der Waals surface area contributed by atoms with Gasteiger partial charge in [-0.15, -0.1) is 11.3 Å². The highest BCUT2D eigenvalue weighted by Crippen LogP contribution is 2.30. The number of hydrogen-bond acceptors (Lipinski definition) is 8. The number of Topliss-reactive ketones (excluding diaryl/α,β-unsaturated/α-hetero) is 1. The summed E-state index contributed by atoms with van der Waals surface area (Å²) in [7, 11) is 0. The molecule has 0 bridgehead atoms. The van der Waals surface area contributed by atoms with Crippen LogP contribution in [0.3, 0.4) is 0 Å². The highest BCUT2D eigenvalue weighted by Gasteiger charge is 2.31. The van der Waals surface area contributed by atoms with E-state index in [1.807, 2.05) is 0 Å². The Bertz CT molecular complexity index is 997. The van der Waals surface area contributed by atoms with Gasteiger partial charge in [0.15, 0.2) is 11.6 Å². The van der Waals surface area contributed by atoms with E-state index in [1.165, 1.54) is 23.6 Å². The maximum Gasteiger partial charge on any atom is 0.408 e. The first kappa shape index (κ1) is 19.7. The second-order valence-electron chi connectivity index (χ2n) is 6.51. The van der Waals surface area contributed by atoms with E-state index < -0.39 is 18.8 Å². The molecule has 29 heavy (non-hydrogen) atoms. The van der Waals surface area contributed by atoms with E-state index in [4.69, 9.17) is 4.74 Å². The van der Waals surface area contributed by atoms with Crippen molar-refractivity contribution in [3.8, 4) is 0 Å². The van der Waals surface area contributed by atoms with Crippen LogP contribution in [0.2, 0.25) is 0 Å². The lowest BCUT2D eigenvalue weighted by Gasteiger charge is -2.13. The Kier molecular flexibility index (Phi) is 5.48. The lowest BCUT2D eigenvalue weighted by atomic mass is 10.0. The molecule has 0 aromatic carbocycles. The summed E-state index contributed by atoms with van der Waals surface area (Å²) in [6.07, 6.45) is -0.267. The Hall–Kier alpha value is -2.57. The molecule has 1 fully saturated rings. The second kappa shape index (κ2) is 8.05. The summed E-state index contributed by atoms with van der Waals surface area (Å²) in [6.45, 7) is -0.483. The predicted molar refractivity (Wildman–Crippen MR) is 100 cm³/mol. The molecular weight excluding hydrogens is 409 g/mol. The number of carbonyl (C=O) groups is 1. The van der Waals surface area contributed by atoms with Crippen molar-refractivity contribution in [1.29, 1.82) is 0 Å². The van der Waals surface area contributed by atoms with Crippen molar-refractivity contribution in [3.05, 3.63) is 29.7 Å². The van der Waals surface area contributed by atoms with Crippen molar-refractivity contribution in [2.75, 3.05) is 18.7 Å². The summed E-state index contributed by atoms with van der Waals surface area (Å²) < 4.78 is 45.3. The SMILES string of the molecule is O=C(c1cc2c(cn1)c(Nc1cncs1)nn2CC(F)(F)F)C1CCCOCN1. The minimum Gasteiger partial charge on any atom is -0.366 e. The number of anilines is 2. The Labute approximate surface area is 167 Å². The largest absolute Gasteiger partial charge is 0.408 e. The van der Waals surface area contributed by atoms with Crippen LogP contribution in [0.1, 0.15) is 23.3 Å². The van der Waals surface area contributed by atoms with Gasteiger partial charge >= 0.3 is 6.18 Å². The number of alkyl halides is 3. The average Bonchev–Trinajstić information content (AvgIpc) is 3.19. The van der Waals surface area contributed by atoms with Crippen molar-refractivity contribution in [2.24, 2.45) is 0 Å². The van der Waals surface area contributed by atoms with E-state index in [-0.39, 0.29) is 29.5 Å². The van der Waals surface area contributed by atoms with Crippen LogP contribution >= 0.6 is 11.3 Å². The zero-order valence-corrected chi connectivity index (χ0v) is 15.9. The number of nitrogens with zero attached hydrogens (tertiary/aromatic N) is 4. The van der Waals surface area contributed by atoms with Crippen LogP contribution in [-0.2, 0) is 11.3 Å². The van der Waals surface area contributed by atoms with Crippen molar-refractivity contribution in [1.82, 2.24) is 25.1 Å². The molecule has 1 unspecified atom stereocenters. The van der Waals surface area contributed by atoms with Crippen molar-refractivity contribution in [2.45, 2.75) is 31.6 Å². The topological polar surface area (TPSA) is 94.0 Å². The number of halogens is 3. The molecule has 1 aliphatic heterocycles. The van der Waals surface area contributed by atoms with Gasteiger partial charge in [-0.25, -0.2) is 0 Å². The predicted octanol–water partition coefficient (Wildman–Crippen LogP) is 3.10. The first-order valence-electron chi connectivity index (χ1n) is 8.85. The van der Waals surface area contributed by atoms with Gasteiger partial charge in [-0.2, -0.15) is 18.3 Å². The number of carbonyl (C=O) groups excluding carboxylic acids is 1. The summed E-state index contributed by atoms with van der Waals surface area (Å²) in [5.74, 6) is -0.0601. The summed E-state index contributed by atoms with van der Waals surface area (Å²) in [5.41, 5.74) is 1.86. The van der Waals surface area contributed by atoms with Crippen LogP contribution in [0.4, 0.5) is 24.0 Å². The fourth-order valence-corrected chi connectivity index (χ4v) is 3.62. The maximum atomic E-state index is 13.1. The normalized spacial score (nSPS) is 18.0. The number of ether oxygens (including phenoxy) is 1. The molecule has 3 aromatic heterocycles. The van der Waals surface area contributed by atoms with Gasteiger partial charge in [-0.3, -0.25) is 24.8 Å². The third-order valence-corrected chi connectivity index (χ3v) is 5.11. The molecule has 2 N–H and O–H groups in total. The molecule has 0 radical (unpaired) electrons. The number of hydrogen-bond donors (Lipinski definition) is 2. The highest BCUT2D eigenvalue weighted by molar-refractivity contribution is 7.13. The van der Waals surface area contributed by atoms with Gasteiger partial charge in [0.25, 0.3) is 0 Å². The van der Waals surface area contributed by atoms with E-state index in [0.717, 1.165) is 4.68 Å². The fourth-order valence-electron chi connectivity index (χ4n) is 3.11. The lowest BCUT2D eigenvalue weighted by molar-refractivity contribution is -0.141. The van der Waals surface area contributed by atoms with Crippen LogP contribution < -0.4 is 10.6 Å². The van der Waals surface area contributed by atoms with Gasteiger partial charge < -0.3 is 10.1 Å². The smallest absolute Gasteiger partial charge is 0.366 e. The van der Waals surface area contributed by atoms with Gasteiger partial charge in [-0.1, -0.05) is 0 Å². The lowest BCUT2D eigenvalue weighted by Crippen LogP contribution is -2.36. The monoisotopic (exact) mass is 426 g/mol. The number of thiazole rings is 1. The van der Waals surface area contributed by atoms with Crippen LogP contribution in [0.15, 0.2) is 24.0 Å². The standard InChI is InChI=1S/C17H17F3N6O2S/c18-17(19,20)7-26-13-4-12(15(27)11-2-1-3-28-8-23-11)22-5-10(13)16(25-26)24-14-6-21-9-29-14/h4-6,9,11,23H,1-3,7-8H2,(H,24,25). The van der Waals surface area contributed by atoms with Crippen molar-refractivity contribution in [3.63, 3.8) is 0 Å². The second-order valence-corrected chi connectivity index (χ2v) is 7.40. The summed E-state index contributed by atoms with van der Waals surface area (Å²) in [6, 6.07) is 0.873. The van der Waals surface area contributed by atoms with Gasteiger partial charge in [0, 0.05) is 12.8 Å². The summed E-state index contributed by atoms with van der Waals surface area (Å²) in [5, 5.41) is 11.0. The highest BCUT2D eigenvalue weighted by atomic mass is 32.1. The van der Waals surface area contributed by atoms with E-state index in [2.05, 4.69) is 25.7 Å². The van der Waals surface area contributed by atoms with Gasteiger partial charge in [0.1, 0.15) is 17.2 Å². The zero-order valence-electron chi connectivity index (χ0n) is 15.1. The summed E-state index contributed by atoms with van der Waals surface area (Å²) in [4.78, 5) is 20.9. The molecule has 154 valence electrons. The molecule has 1 saturated heterocycles. The molecule has 0 saturated carbocycles. The molecule has 1 atom stereocenters. The fraction of sp³-hybridized carbons (Fsp3) is 0.412. The number of aromatic nitrogens is 4. The molecule has 0 amide bonds. The number of ketones is 1. The molecule has 3 aromatic rings. The molecule has 1 aliphatic rings. The van der Waals surface area contributed by atoms with Gasteiger partial charge in [0.05, 0.1) is 35.4 Å². The first-order chi connectivity index (χ1) is 13.9. The molecule has 4 rings (SSSR count). The van der Waals surface area contributed by atoms with Crippen LogP contribution in [0.25, 0.3) is 10.9 Å².